The SMILES string of the molecule is CCCN=C(NCCc1ccco1)N1CCCC(C(=O)OCC)C1.I. The number of rotatable bonds is 7. The molecular formula is C18H30IN3O3. The zero-order valence-corrected chi connectivity index (χ0v) is 17.5. The summed E-state index contributed by atoms with van der Waals surface area (Å²) in [5.41, 5.74) is 0. The van der Waals surface area contributed by atoms with Crippen molar-refractivity contribution in [1.29, 1.82) is 0 Å². The van der Waals surface area contributed by atoms with Crippen LogP contribution in [0.1, 0.15) is 38.9 Å². The molecule has 1 fully saturated rings. The fraction of sp³-hybridized carbons (Fsp3) is 0.667. The van der Waals surface area contributed by atoms with Crippen molar-refractivity contribution in [3.05, 3.63) is 24.2 Å². The van der Waals surface area contributed by atoms with Gasteiger partial charge in [-0.2, -0.15) is 0 Å². The number of carbonyl (C=O) groups excluding carboxylic acids is 1. The van der Waals surface area contributed by atoms with Crippen LogP contribution in [0.15, 0.2) is 27.8 Å². The number of carbonyl (C=O) groups is 1. The molecule has 25 heavy (non-hydrogen) atoms. The fourth-order valence-electron chi connectivity index (χ4n) is 2.86. The molecule has 1 atom stereocenters. The Balaban J connectivity index is 0.00000312. The van der Waals surface area contributed by atoms with E-state index >= 15 is 0 Å². The second-order valence-electron chi connectivity index (χ2n) is 6.00. The van der Waals surface area contributed by atoms with Crippen molar-refractivity contribution >= 4 is 35.9 Å². The van der Waals surface area contributed by atoms with Crippen molar-refractivity contribution in [2.75, 3.05) is 32.8 Å². The quantitative estimate of drug-likeness (QED) is 0.292. The van der Waals surface area contributed by atoms with Gasteiger partial charge in [0.15, 0.2) is 5.96 Å². The molecule has 0 aromatic carbocycles. The molecule has 1 aliphatic rings. The molecule has 6 nitrogen and oxygen atoms in total. The first kappa shape index (κ1) is 21.8. The molecule has 0 amide bonds. The summed E-state index contributed by atoms with van der Waals surface area (Å²) in [4.78, 5) is 18.9. The Labute approximate surface area is 167 Å². The van der Waals surface area contributed by atoms with Gasteiger partial charge in [-0.1, -0.05) is 6.92 Å². The van der Waals surface area contributed by atoms with Crippen LogP contribution in [0.2, 0.25) is 0 Å². The Hall–Kier alpha value is -1.25. The van der Waals surface area contributed by atoms with Crippen LogP contribution in [0.5, 0.6) is 0 Å². The third-order valence-electron chi connectivity index (χ3n) is 4.06. The van der Waals surface area contributed by atoms with Crippen LogP contribution in [0.3, 0.4) is 0 Å². The van der Waals surface area contributed by atoms with E-state index in [1.165, 1.54) is 0 Å². The zero-order chi connectivity index (χ0) is 17.2. The topological polar surface area (TPSA) is 67.1 Å². The number of hydrogen-bond donors (Lipinski definition) is 1. The molecule has 142 valence electrons. The van der Waals surface area contributed by atoms with Gasteiger partial charge in [-0.15, -0.1) is 24.0 Å². The summed E-state index contributed by atoms with van der Waals surface area (Å²) in [5, 5.41) is 3.42. The van der Waals surface area contributed by atoms with E-state index in [9.17, 15) is 4.79 Å². The minimum Gasteiger partial charge on any atom is -0.469 e. The molecule has 0 aliphatic carbocycles. The van der Waals surface area contributed by atoms with Gasteiger partial charge >= 0.3 is 5.97 Å². The number of likely N-dealkylation sites (tertiary alicyclic amines) is 1. The van der Waals surface area contributed by atoms with E-state index in [2.05, 4.69) is 22.1 Å². The molecule has 1 N–H and O–H groups in total. The Kier molecular flexibility index (Phi) is 10.6. The van der Waals surface area contributed by atoms with E-state index in [1.54, 1.807) is 6.26 Å². The van der Waals surface area contributed by atoms with Crippen LogP contribution in [0.4, 0.5) is 0 Å². The average molecular weight is 463 g/mol. The van der Waals surface area contributed by atoms with Crippen molar-refractivity contribution in [2.24, 2.45) is 10.9 Å². The highest BCUT2D eigenvalue weighted by Gasteiger charge is 2.28. The van der Waals surface area contributed by atoms with Crippen LogP contribution in [-0.4, -0.2) is 49.6 Å². The number of piperidine rings is 1. The molecule has 1 aromatic heterocycles. The highest BCUT2D eigenvalue weighted by molar-refractivity contribution is 14.0. The van der Waals surface area contributed by atoms with Gasteiger partial charge in [-0.3, -0.25) is 9.79 Å². The third kappa shape index (κ3) is 7.25. The molecule has 2 rings (SSSR count). The normalized spacial score (nSPS) is 17.8. The lowest BCUT2D eigenvalue weighted by molar-refractivity contribution is -0.149. The zero-order valence-electron chi connectivity index (χ0n) is 15.2. The molecular weight excluding hydrogens is 433 g/mol. The van der Waals surface area contributed by atoms with Crippen molar-refractivity contribution in [1.82, 2.24) is 10.2 Å². The van der Waals surface area contributed by atoms with E-state index in [-0.39, 0.29) is 35.9 Å². The lowest BCUT2D eigenvalue weighted by Gasteiger charge is -2.34. The first-order valence-corrected chi connectivity index (χ1v) is 8.96. The molecule has 0 bridgehead atoms. The van der Waals surface area contributed by atoms with Gasteiger partial charge in [0, 0.05) is 32.6 Å². The van der Waals surface area contributed by atoms with Crippen molar-refractivity contribution in [2.45, 2.75) is 39.5 Å². The monoisotopic (exact) mass is 463 g/mol. The predicted octanol–water partition coefficient (Wildman–Crippen LogP) is 3.07. The van der Waals surface area contributed by atoms with Crippen molar-refractivity contribution in [3.8, 4) is 0 Å². The van der Waals surface area contributed by atoms with Gasteiger partial charge in [0.1, 0.15) is 5.76 Å². The summed E-state index contributed by atoms with van der Waals surface area (Å²) in [7, 11) is 0. The van der Waals surface area contributed by atoms with Crippen LogP contribution < -0.4 is 5.32 Å². The summed E-state index contributed by atoms with van der Waals surface area (Å²) >= 11 is 0. The molecule has 0 spiro atoms. The van der Waals surface area contributed by atoms with Gasteiger partial charge in [0.25, 0.3) is 0 Å². The number of nitrogens with one attached hydrogen (secondary N) is 1. The summed E-state index contributed by atoms with van der Waals surface area (Å²) in [6.45, 7) is 7.54. The molecule has 2 heterocycles. The maximum Gasteiger partial charge on any atom is 0.310 e. The van der Waals surface area contributed by atoms with E-state index in [0.717, 1.165) is 57.0 Å². The minimum atomic E-state index is -0.0902. The maximum absolute atomic E-state index is 12.0. The Morgan fingerprint density at radius 3 is 3.00 bits per heavy atom. The van der Waals surface area contributed by atoms with E-state index in [0.29, 0.717) is 13.2 Å². The van der Waals surface area contributed by atoms with Crippen LogP contribution in [0.25, 0.3) is 0 Å². The second-order valence-corrected chi connectivity index (χ2v) is 6.00. The Bertz CT molecular complexity index is 520. The van der Waals surface area contributed by atoms with Crippen LogP contribution >= 0.6 is 24.0 Å². The maximum atomic E-state index is 12.0. The Morgan fingerprint density at radius 1 is 1.48 bits per heavy atom. The lowest BCUT2D eigenvalue weighted by Crippen LogP contribution is -2.48. The first-order valence-electron chi connectivity index (χ1n) is 8.96. The van der Waals surface area contributed by atoms with Gasteiger partial charge in [-0.25, -0.2) is 0 Å². The molecule has 1 aromatic rings. The molecule has 1 saturated heterocycles. The van der Waals surface area contributed by atoms with Gasteiger partial charge in [0.05, 0.1) is 18.8 Å². The standard InChI is InChI=1S/C18H29N3O3.HI/c1-3-10-19-18(20-11-9-16-8-6-13-24-16)21-12-5-7-15(14-21)17(22)23-4-2;/h6,8,13,15H,3-5,7,9-12,14H2,1-2H3,(H,19,20);1H. The van der Waals surface area contributed by atoms with Crippen molar-refractivity contribution in [3.63, 3.8) is 0 Å². The second kappa shape index (κ2) is 12.2. The number of esters is 1. The summed E-state index contributed by atoms with van der Waals surface area (Å²) in [5.74, 6) is 1.70. The van der Waals surface area contributed by atoms with E-state index < -0.39 is 0 Å². The highest BCUT2D eigenvalue weighted by Crippen LogP contribution is 2.18. The van der Waals surface area contributed by atoms with E-state index in [1.807, 2.05) is 19.1 Å². The number of ether oxygens (including phenoxy) is 1. The van der Waals surface area contributed by atoms with Crippen LogP contribution in [-0.2, 0) is 16.0 Å². The number of aliphatic imine (C=N–C) groups is 1. The number of hydrogen-bond acceptors (Lipinski definition) is 4. The molecule has 0 radical (unpaired) electrons. The van der Waals surface area contributed by atoms with Gasteiger partial charge < -0.3 is 19.4 Å². The number of halogens is 1. The fourth-order valence-corrected chi connectivity index (χ4v) is 2.86. The molecule has 1 aliphatic heterocycles. The van der Waals surface area contributed by atoms with Gasteiger partial charge in [0.2, 0.25) is 0 Å². The number of guanidine groups is 1. The third-order valence-corrected chi connectivity index (χ3v) is 4.06. The first-order chi connectivity index (χ1) is 11.7. The molecule has 1 unspecified atom stereocenters. The van der Waals surface area contributed by atoms with Gasteiger partial charge in [-0.05, 0) is 38.3 Å². The molecule has 7 heteroatoms. The summed E-state index contributed by atoms with van der Waals surface area (Å²) < 4.78 is 10.5. The molecule has 0 saturated carbocycles. The minimum absolute atomic E-state index is 0. The number of furan rings is 1. The van der Waals surface area contributed by atoms with Crippen LogP contribution in [0, 0.1) is 5.92 Å². The largest absolute Gasteiger partial charge is 0.469 e. The summed E-state index contributed by atoms with van der Waals surface area (Å²) in [6, 6.07) is 3.87. The average Bonchev–Trinajstić information content (AvgIpc) is 3.11. The predicted molar refractivity (Wildman–Crippen MR) is 109 cm³/mol. The number of nitrogens with zero attached hydrogens (tertiary/aromatic N) is 2. The lowest BCUT2D eigenvalue weighted by atomic mass is 9.98. The smallest absolute Gasteiger partial charge is 0.310 e. The highest BCUT2D eigenvalue weighted by atomic mass is 127. The Morgan fingerprint density at radius 2 is 2.32 bits per heavy atom. The van der Waals surface area contributed by atoms with E-state index in [4.69, 9.17) is 9.15 Å². The van der Waals surface area contributed by atoms with Crippen molar-refractivity contribution < 1.29 is 13.9 Å². The summed E-state index contributed by atoms with van der Waals surface area (Å²) in [6.07, 6.45) is 5.37.